The van der Waals surface area contributed by atoms with Crippen molar-refractivity contribution in [2.45, 2.75) is 40.0 Å². The van der Waals surface area contributed by atoms with Gasteiger partial charge in [-0.1, -0.05) is 50.6 Å². The number of para-hydroxylation sites is 1. The van der Waals surface area contributed by atoms with Crippen LogP contribution in [0.4, 0.5) is 11.5 Å². The van der Waals surface area contributed by atoms with Crippen molar-refractivity contribution in [3.8, 4) is 0 Å². The molecule has 1 aromatic carbocycles. The second-order valence-electron chi connectivity index (χ2n) is 6.01. The number of rotatable bonds is 2. The zero-order valence-electron chi connectivity index (χ0n) is 12.6. The minimum Gasteiger partial charge on any atom is -0.338 e. The molecule has 1 heterocycles. The maximum atomic E-state index is 5.99. The molecule has 0 saturated carbocycles. The summed E-state index contributed by atoms with van der Waals surface area (Å²) in [4.78, 5) is 0. The lowest BCUT2D eigenvalue weighted by Gasteiger charge is -2.23. The van der Waals surface area contributed by atoms with Gasteiger partial charge >= 0.3 is 0 Å². The number of nitrogens with one attached hydrogen (secondary N) is 1. The fourth-order valence-corrected chi connectivity index (χ4v) is 2.25. The van der Waals surface area contributed by atoms with Gasteiger partial charge in [0.05, 0.1) is 0 Å². The Morgan fingerprint density at radius 2 is 1.65 bits per heavy atom. The number of hydrogen-bond acceptors (Lipinski definition) is 3. The number of halogens is 1. The van der Waals surface area contributed by atoms with Gasteiger partial charge < -0.3 is 5.32 Å². The molecule has 0 spiro atoms. The quantitative estimate of drug-likeness (QED) is 0.864. The van der Waals surface area contributed by atoms with E-state index < -0.39 is 0 Å². The standard InChI is InChI=1S/C16H20ClN3/c1-10-11(2)15(20-19-14(10)17)18-13-9-7-6-8-12(13)16(3,4)5/h6-9H,1-5H3,(H,18,20). The smallest absolute Gasteiger partial charge is 0.156 e. The third-order valence-corrected chi connectivity index (χ3v) is 3.81. The van der Waals surface area contributed by atoms with Crippen LogP contribution in [0.15, 0.2) is 24.3 Å². The fraction of sp³-hybridized carbons (Fsp3) is 0.375. The third-order valence-electron chi connectivity index (χ3n) is 3.45. The van der Waals surface area contributed by atoms with Gasteiger partial charge in [0.25, 0.3) is 0 Å². The summed E-state index contributed by atoms with van der Waals surface area (Å²) in [5.41, 5.74) is 4.34. The summed E-state index contributed by atoms with van der Waals surface area (Å²) in [7, 11) is 0. The van der Waals surface area contributed by atoms with Gasteiger partial charge in [-0.15, -0.1) is 10.2 Å². The number of nitrogens with zero attached hydrogens (tertiary/aromatic N) is 2. The van der Waals surface area contributed by atoms with Crippen LogP contribution in [-0.4, -0.2) is 10.2 Å². The first-order chi connectivity index (χ1) is 9.30. The predicted octanol–water partition coefficient (Wildman–Crippen LogP) is 4.79. The Kier molecular flexibility index (Phi) is 4.00. The highest BCUT2D eigenvalue weighted by Gasteiger charge is 2.18. The lowest BCUT2D eigenvalue weighted by Crippen LogP contribution is -2.14. The Morgan fingerprint density at radius 3 is 2.30 bits per heavy atom. The van der Waals surface area contributed by atoms with Crippen LogP contribution in [0.2, 0.25) is 5.15 Å². The van der Waals surface area contributed by atoms with Crippen molar-refractivity contribution in [1.29, 1.82) is 0 Å². The molecule has 0 amide bonds. The van der Waals surface area contributed by atoms with Gasteiger partial charge in [0.1, 0.15) is 0 Å². The maximum Gasteiger partial charge on any atom is 0.156 e. The van der Waals surface area contributed by atoms with E-state index in [0.717, 1.165) is 22.6 Å². The number of benzene rings is 1. The van der Waals surface area contributed by atoms with Crippen LogP contribution < -0.4 is 5.32 Å². The summed E-state index contributed by atoms with van der Waals surface area (Å²) in [6.07, 6.45) is 0. The Bertz CT molecular complexity index is 630. The first-order valence-electron chi connectivity index (χ1n) is 6.66. The summed E-state index contributed by atoms with van der Waals surface area (Å²) in [6.45, 7) is 10.5. The average molecular weight is 290 g/mol. The molecule has 0 bridgehead atoms. The molecule has 0 aliphatic rings. The van der Waals surface area contributed by atoms with Crippen molar-refractivity contribution in [1.82, 2.24) is 10.2 Å². The Hall–Kier alpha value is -1.61. The van der Waals surface area contributed by atoms with Crippen LogP contribution in [0.1, 0.15) is 37.5 Å². The highest BCUT2D eigenvalue weighted by atomic mass is 35.5. The molecular weight excluding hydrogens is 270 g/mol. The van der Waals surface area contributed by atoms with E-state index in [9.17, 15) is 0 Å². The highest BCUT2D eigenvalue weighted by molar-refractivity contribution is 6.30. The molecular formula is C16H20ClN3. The Labute approximate surface area is 125 Å². The number of aromatic nitrogens is 2. The van der Waals surface area contributed by atoms with Crippen molar-refractivity contribution in [2.24, 2.45) is 0 Å². The molecule has 20 heavy (non-hydrogen) atoms. The van der Waals surface area contributed by atoms with Crippen molar-refractivity contribution in [2.75, 3.05) is 5.32 Å². The van der Waals surface area contributed by atoms with E-state index in [-0.39, 0.29) is 5.41 Å². The molecule has 0 unspecified atom stereocenters. The molecule has 2 aromatic rings. The summed E-state index contributed by atoms with van der Waals surface area (Å²) in [6, 6.07) is 8.26. The molecule has 0 radical (unpaired) electrons. The molecule has 1 N–H and O–H groups in total. The van der Waals surface area contributed by atoms with Gasteiger partial charge in [-0.3, -0.25) is 0 Å². The first kappa shape index (κ1) is 14.8. The van der Waals surface area contributed by atoms with E-state index >= 15 is 0 Å². The molecule has 0 atom stereocenters. The van der Waals surface area contributed by atoms with E-state index in [1.165, 1.54) is 5.56 Å². The topological polar surface area (TPSA) is 37.8 Å². The van der Waals surface area contributed by atoms with Crippen LogP contribution in [-0.2, 0) is 5.41 Å². The average Bonchev–Trinajstić information content (AvgIpc) is 2.39. The summed E-state index contributed by atoms with van der Waals surface area (Å²) in [5.74, 6) is 0.753. The van der Waals surface area contributed by atoms with E-state index in [4.69, 9.17) is 11.6 Å². The molecule has 0 aliphatic carbocycles. The van der Waals surface area contributed by atoms with Crippen LogP contribution in [0.3, 0.4) is 0 Å². The van der Waals surface area contributed by atoms with Gasteiger partial charge in [-0.25, -0.2) is 0 Å². The second-order valence-corrected chi connectivity index (χ2v) is 6.37. The predicted molar refractivity (Wildman–Crippen MR) is 84.9 cm³/mol. The van der Waals surface area contributed by atoms with Crippen molar-refractivity contribution in [3.05, 3.63) is 46.1 Å². The van der Waals surface area contributed by atoms with Crippen LogP contribution in [0.5, 0.6) is 0 Å². The van der Waals surface area contributed by atoms with Gasteiger partial charge in [0.2, 0.25) is 0 Å². The van der Waals surface area contributed by atoms with Crippen molar-refractivity contribution >= 4 is 23.1 Å². The Morgan fingerprint density at radius 1 is 1.00 bits per heavy atom. The fourth-order valence-electron chi connectivity index (χ4n) is 2.07. The van der Waals surface area contributed by atoms with E-state index in [2.05, 4.69) is 54.5 Å². The maximum absolute atomic E-state index is 5.99. The van der Waals surface area contributed by atoms with Crippen molar-refractivity contribution < 1.29 is 0 Å². The van der Waals surface area contributed by atoms with Gasteiger partial charge in [-0.2, -0.15) is 0 Å². The largest absolute Gasteiger partial charge is 0.338 e. The number of hydrogen-bond donors (Lipinski definition) is 1. The molecule has 4 heteroatoms. The van der Waals surface area contributed by atoms with E-state index in [0.29, 0.717) is 5.15 Å². The SMILES string of the molecule is Cc1c(Cl)nnc(Nc2ccccc2C(C)(C)C)c1C. The lowest BCUT2D eigenvalue weighted by atomic mass is 9.86. The molecule has 2 rings (SSSR count). The second kappa shape index (κ2) is 5.41. The molecule has 0 fully saturated rings. The monoisotopic (exact) mass is 289 g/mol. The third kappa shape index (κ3) is 2.93. The molecule has 106 valence electrons. The highest BCUT2D eigenvalue weighted by Crippen LogP contribution is 2.32. The zero-order chi connectivity index (χ0) is 14.9. The lowest BCUT2D eigenvalue weighted by molar-refractivity contribution is 0.592. The number of anilines is 2. The molecule has 3 nitrogen and oxygen atoms in total. The zero-order valence-corrected chi connectivity index (χ0v) is 13.3. The van der Waals surface area contributed by atoms with Gasteiger partial charge in [0.15, 0.2) is 11.0 Å². The normalized spacial score (nSPS) is 11.5. The van der Waals surface area contributed by atoms with Crippen molar-refractivity contribution in [3.63, 3.8) is 0 Å². The van der Waals surface area contributed by atoms with E-state index in [1.54, 1.807) is 0 Å². The summed E-state index contributed by atoms with van der Waals surface area (Å²) in [5, 5.41) is 12.0. The molecule has 0 aliphatic heterocycles. The van der Waals surface area contributed by atoms with E-state index in [1.807, 2.05) is 19.9 Å². The van der Waals surface area contributed by atoms with Crippen LogP contribution in [0, 0.1) is 13.8 Å². The molecule has 1 aromatic heterocycles. The summed E-state index contributed by atoms with van der Waals surface area (Å²) >= 11 is 5.99. The summed E-state index contributed by atoms with van der Waals surface area (Å²) < 4.78 is 0. The Balaban J connectivity index is 2.44. The minimum atomic E-state index is 0.0619. The minimum absolute atomic E-state index is 0.0619. The van der Waals surface area contributed by atoms with Gasteiger partial charge in [-0.05, 0) is 42.0 Å². The van der Waals surface area contributed by atoms with Crippen LogP contribution >= 0.6 is 11.6 Å². The first-order valence-corrected chi connectivity index (χ1v) is 7.04. The van der Waals surface area contributed by atoms with Gasteiger partial charge in [0, 0.05) is 5.69 Å². The molecule has 0 saturated heterocycles. The van der Waals surface area contributed by atoms with Crippen LogP contribution in [0.25, 0.3) is 0 Å².